The molecule has 0 aromatic heterocycles. The van der Waals surface area contributed by atoms with Crippen LogP contribution in [0, 0.1) is 13.8 Å². The number of halogens is 1. The molecular formula is C19H17BrN2O2S. The number of carbonyl (C=O) groups excluding carboxylic acids is 2. The van der Waals surface area contributed by atoms with Crippen LogP contribution in [0.1, 0.15) is 16.7 Å². The molecule has 128 valence electrons. The van der Waals surface area contributed by atoms with Gasteiger partial charge < -0.3 is 5.32 Å². The molecule has 2 aromatic carbocycles. The van der Waals surface area contributed by atoms with Crippen LogP contribution in [-0.2, 0) is 4.79 Å². The Labute approximate surface area is 159 Å². The molecule has 0 radical (unpaired) electrons. The van der Waals surface area contributed by atoms with Gasteiger partial charge >= 0.3 is 0 Å². The second-order valence-electron chi connectivity index (χ2n) is 5.80. The Kier molecular flexibility index (Phi) is 5.30. The van der Waals surface area contributed by atoms with E-state index in [2.05, 4.69) is 21.2 Å². The first-order valence-electron chi connectivity index (χ1n) is 7.76. The first kappa shape index (κ1) is 17.8. The number of aryl methyl sites for hydroxylation is 2. The monoisotopic (exact) mass is 416 g/mol. The number of nitrogens with one attached hydrogen (secondary N) is 1. The summed E-state index contributed by atoms with van der Waals surface area (Å²) in [6.07, 6.45) is 1.74. The molecule has 3 rings (SSSR count). The van der Waals surface area contributed by atoms with Crippen molar-refractivity contribution >= 4 is 50.6 Å². The molecule has 1 aliphatic rings. The van der Waals surface area contributed by atoms with Crippen LogP contribution in [0.15, 0.2) is 51.8 Å². The lowest BCUT2D eigenvalue weighted by atomic mass is 10.1. The van der Waals surface area contributed by atoms with E-state index in [1.54, 1.807) is 6.08 Å². The normalized spacial score (nSPS) is 16.0. The van der Waals surface area contributed by atoms with Gasteiger partial charge in [-0.15, -0.1) is 0 Å². The number of imide groups is 1. The van der Waals surface area contributed by atoms with Gasteiger partial charge in [0.05, 0.1) is 11.6 Å². The van der Waals surface area contributed by atoms with Crippen molar-refractivity contribution in [3.8, 4) is 0 Å². The molecule has 4 nitrogen and oxygen atoms in total. The number of hydrogen-bond acceptors (Lipinski definition) is 4. The Hall–Kier alpha value is -2.05. The van der Waals surface area contributed by atoms with E-state index < -0.39 is 0 Å². The summed E-state index contributed by atoms with van der Waals surface area (Å²) in [5.74, 6) is -0.272. The van der Waals surface area contributed by atoms with Crippen molar-refractivity contribution < 1.29 is 9.59 Å². The second kappa shape index (κ2) is 7.45. The highest BCUT2D eigenvalue weighted by Gasteiger charge is 2.34. The summed E-state index contributed by atoms with van der Waals surface area (Å²) in [4.78, 5) is 26.3. The van der Waals surface area contributed by atoms with Gasteiger partial charge in [0, 0.05) is 10.2 Å². The standard InChI is InChI=1S/C19H17BrN2O2S/c1-12-6-7-16(8-13(12)2)21-11-22-18(23)17(25-19(22)24)10-14-4-3-5-15(20)9-14/h3-10,21H,11H2,1-2H3/b17-10-. The minimum atomic E-state index is -0.272. The predicted octanol–water partition coefficient (Wildman–Crippen LogP) is 5.17. The van der Waals surface area contributed by atoms with Gasteiger partial charge in [-0.1, -0.05) is 34.1 Å². The van der Waals surface area contributed by atoms with E-state index >= 15 is 0 Å². The average molecular weight is 417 g/mol. The molecule has 1 heterocycles. The summed E-state index contributed by atoms with van der Waals surface area (Å²) in [5.41, 5.74) is 4.13. The third-order valence-corrected chi connectivity index (χ3v) is 5.37. The first-order chi connectivity index (χ1) is 11.9. The Morgan fingerprint density at radius 3 is 2.64 bits per heavy atom. The fraction of sp³-hybridized carbons (Fsp3) is 0.158. The molecule has 2 aromatic rings. The molecule has 1 N–H and O–H groups in total. The molecule has 6 heteroatoms. The second-order valence-corrected chi connectivity index (χ2v) is 7.71. The van der Waals surface area contributed by atoms with E-state index in [-0.39, 0.29) is 17.8 Å². The number of nitrogens with zero attached hydrogens (tertiary/aromatic N) is 1. The average Bonchev–Trinajstić information content (AvgIpc) is 2.82. The van der Waals surface area contributed by atoms with Gasteiger partial charge in [-0.25, -0.2) is 0 Å². The highest BCUT2D eigenvalue weighted by molar-refractivity contribution is 9.10. The summed E-state index contributed by atoms with van der Waals surface area (Å²) in [5, 5.41) is 2.88. The highest BCUT2D eigenvalue weighted by atomic mass is 79.9. The van der Waals surface area contributed by atoms with Gasteiger partial charge in [0.25, 0.3) is 11.1 Å². The minimum absolute atomic E-state index is 0.156. The molecule has 25 heavy (non-hydrogen) atoms. The van der Waals surface area contributed by atoms with Crippen molar-refractivity contribution in [2.24, 2.45) is 0 Å². The van der Waals surface area contributed by atoms with E-state index in [9.17, 15) is 9.59 Å². The lowest BCUT2D eigenvalue weighted by Gasteiger charge is -2.15. The summed E-state index contributed by atoms with van der Waals surface area (Å²) in [7, 11) is 0. The van der Waals surface area contributed by atoms with Gasteiger partial charge in [-0.2, -0.15) is 0 Å². The first-order valence-corrected chi connectivity index (χ1v) is 9.37. The smallest absolute Gasteiger partial charge is 0.295 e. The van der Waals surface area contributed by atoms with Crippen LogP contribution in [-0.4, -0.2) is 22.7 Å². The molecule has 0 aliphatic carbocycles. The Morgan fingerprint density at radius 2 is 1.92 bits per heavy atom. The molecule has 0 saturated carbocycles. The maximum absolute atomic E-state index is 12.5. The summed E-state index contributed by atoms with van der Waals surface area (Å²) in [6.45, 7) is 4.23. The summed E-state index contributed by atoms with van der Waals surface area (Å²) >= 11 is 4.37. The zero-order chi connectivity index (χ0) is 18.0. The molecule has 1 saturated heterocycles. The molecule has 2 amide bonds. The van der Waals surface area contributed by atoms with E-state index in [1.165, 1.54) is 10.5 Å². The molecule has 1 aliphatic heterocycles. The quantitative estimate of drug-likeness (QED) is 0.698. The molecule has 0 bridgehead atoms. The van der Waals surface area contributed by atoms with Crippen LogP contribution >= 0.6 is 27.7 Å². The van der Waals surface area contributed by atoms with Crippen LogP contribution in [0.25, 0.3) is 6.08 Å². The molecular weight excluding hydrogens is 400 g/mol. The number of thioether (sulfide) groups is 1. The van der Waals surface area contributed by atoms with E-state index in [4.69, 9.17) is 0 Å². The van der Waals surface area contributed by atoms with Gasteiger partial charge in [-0.05, 0) is 72.6 Å². The predicted molar refractivity (Wildman–Crippen MR) is 106 cm³/mol. The van der Waals surface area contributed by atoms with Gasteiger partial charge in [0.2, 0.25) is 0 Å². The van der Waals surface area contributed by atoms with E-state index in [0.29, 0.717) is 4.91 Å². The SMILES string of the molecule is Cc1ccc(NCN2C(=O)S/C(=C\c3cccc(Br)c3)C2=O)cc1C. The zero-order valence-corrected chi connectivity index (χ0v) is 16.3. The topological polar surface area (TPSA) is 49.4 Å². The Balaban J connectivity index is 1.72. The van der Waals surface area contributed by atoms with Crippen LogP contribution in [0.5, 0.6) is 0 Å². The fourth-order valence-corrected chi connectivity index (χ4v) is 3.66. The van der Waals surface area contributed by atoms with Crippen LogP contribution in [0.4, 0.5) is 10.5 Å². The molecule has 0 atom stereocenters. The lowest BCUT2D eigenvalue weighted by Crippen LogP contribution is -2.33. The minimum Gasteiger partial charge on any atom is -0.367 e. The van der Waals surface area contributed by atoms with Crippen molar-refractivity contribution in [2.45, 2.75) is 13.8 Å². The number of amides is 2. The third kappa shape index (κ3) is 4.14. The summed E-state index contributed by atoms with van der Waals surface area (Å²) < 4.78 is 0.928. The van der Waals surface area contributed by atoms with E-state index in [1.807, 2.05) is 56.3 Å². The van der Waals surface area contributed by atoms with Crippen molar-refractivity contribution in [3.63, 3.8) is 0 Å². The maximum atomic E-state index is 12.5. The maximum Gasteiger partial charge on any atom is 0.295 e. The van der Waals surface area contributed by atoms with Gasteiger partial charge in [-0.3, -0.25) is 14.5 Å². The Bertz CT molecular complexity index is 879. The molecule has 0 spiro atoms. The number of hydrogen-bond donors (Lipinski definition) is 1. The van der Waals surface area contributed by atoms with Crippen molar-refractivity contribution in [1.82, 2.24) is 4.90 Å². The van der Waals surface area contributed by atoms with Crippen LogP contribution in [0.3, 0.4) is 0 Å². The van der Waals surface area contributed by atoms with E-state index in [0.717, 1.165) is 33.0 Å². The number of rotatable bonds is 4. The van der Waals surface area contributed by atoms with Gasteiger partial charge in [0.1, 0.15) is 0 Å². The molecule has 0 unspecified atom stereocenters. The largest absolute Gasteiger partial charge is 0.367 e. The van der Waals surface area contributed by atoms with Gasteiger partial charge in [0.15, 0.2) is 0 Å². The van der Waals surface area contributed by atoms with Crippen molar-refractivity contribution in [2.75, 3.05) is 12.0 Å². The third-order valence-electron chi connectivity index (χ3n) is 3.97. The highest BCUT2D eigenvalue weighted by Crippen LogP contribution is 2.32. The molecule has 1 fully saturated rings. The Morgan fingerprint density at radius 1 is 1.12 bits per heavy atom. The summed E-state index contributed by atoms with van der Waals surface area (Å²) in [6, 6.07) is 13.6. The lowest BCUT2D eigenvalue weighted by molar-refractivity contribution is -0.122. The zero-order valence-electron chi connectivity index (χ0n) is 13.9. The van der Waals surface area contributed by atoms with Crippen LogP contribution in [0.2, 0.25) is 0 Å². The van der Waals surface area contributed by atoms with Crippen molar-refractivity contribution in [1.29, 1.82) is 0 Å². The fourth-order valence-electron chi connectivity index (χ4n) is 2.41. The van der Waals surface area contributed by atoms with Crippen molar-refractivity contribution in [3.05, 3.63) is 68.5 Å². The van der Waals surface area contributed by atoms with Crippen LogP contribution < -0.4 is 5.32 Å². The number of carbonyl (C=O) groups is 2. The number of anilines is 1. The number of benzene rings is 2.